The van der Waals surface area contributed by atoms with E-state index in [1.54, 1.807) is 4.90 Å². The SMILES string of the molecule is CC1CN(C(=O)c2cccc(N(C)C)c2)CCC1=O. The smallest absolute Gasteiger partial charge is 0.253 e. The number of carbonyl (C=O) groups excluding carboxylic acids is 2. The Bertz CT molecular complexity index is 497. The second-order valence-corrected chi connectivity index (χ2v) is 5.31. The largest absolute Gasteiger partial charge is 0.378 e. The predicted molar refractivity (Wildman–Crippen MR) is 75.5 cm³/mol. The average molecular weight is 260 g/mol. The molecule has 1 fully saturated rings. The zero-order chi connectivity index (χ0) is 14.0. The first-order chi connectivity index (χ1) is 8.99. The summed E-state index contributed by atoms with van der Waals surface area (Å²) in [6.45, 7) is 2.95. The van der Waals surface area contributed by atoms with E-state index in [0.29, 0.717) is 25.1 Å². The molecular formula is C15H20N2O2. The summed E-state index contributed by atoms with van der Waals surface area (Å²) in [6, 6.07) is 7.58. The summed E-state index contributed by atoms with van der Waals surface area (Å²) < 4.78 is 0. The third-order valence-corrected chi connectivity index (χ3v) is 3.57. The Kier molecular flexibility index (Phi) is 3.88. The fourth-order valence-electron chi connectivity index (χ4n) is 2.30. The van der Waals surface area contributed by atoms with Crippen LogP contribution >= 0.6 is 0 Å². The lowest BCUT2D eigenvalue weighted by molar-refractivity contribution is -0.124. The molecule has 0 spiro atoms. The number of carbonyl (C=O) groups is 2. The van der Waals surface area contributed by atoms with Crippen LogP contribution in [0.4, 0.5) is 5.69 Å². The molecule has 0 bridgehead atoms. The number of hydrogen-bond donors (Lipinski definition) is 0. The monoisotopic (exact) mass is 260 g/mol. The van der Waals surface area contributed by atoms with Gasteiger partial charge in [-0.3, -0.25) is 9.59 Å². The van der Waals surface area contributed by atoms with E-state index in [9.17, 15) is 9.59 Å². The number of hydrogen-bond acceptors (Lipinski definition) is 3. The minimum absolute atomic E-state index is 0.0167. The van der Waals surface area contributed by atoms with Crippen LogP contribution in [-0.4, -0.2) is 43.8 Å². The maximum absolute atomic E-state index is 12.4. The van der Waals surface area contributed by atoms with Gasteiger partial charge in [0.25, 0.3) is 5.91 Å². The standard InChI is InChI=1S/C15H20N2O2/c1-11-10-17(8-7-14(11)18)15(19)12-5-4-6-13(9-12)16(2)3/h4-6,9,11H,7-8,10H2,1-3H3. The lowest BCUT2D eigenvalue weighted by Crippen LogP contribution is -2.43. The minimum atomic E-state index is -0.0465. The number of benzene rings is 1. The molecular weight excluding hydrogens is 240 g/mol. The Morgan fingerprint density at radius 3 is 2.74 bits per heavy atom. The van der Waals surface area contributed by atoms with Gasteiger partial charge in [-0.15, -0.1) is 0 Å². The number of nitrogens with zero attached hydrogens (tertiary/aromatic N) is 2. The van der Waals surface area contributed by atoms with Crippen molar-refractivity contribution in [1.29, 1.82) is 0 Å². The van der Waals surface area contributed by atoms with Crippen LogP contribution in [0.5, 0.6) is 0 Å². The maximum Gasteiger partial charge on any atom is 0.253 e. The van der Waals surface area contributed by atoms with Crippen LogP contribution in [-0.2, 0) is 4.79 Å². The molecule has 19 heavy (non-hydrogen) atoms. The van der Waals surface area contributed by atoms with Crippen LogP contribution < -0.4 is 4.90 Å². The summed E-state index contributed by atoms with van der Waals surface area (Å²) in [6.07, 6.45) is 0.472. The van der Waals surface area contributed by atoms with E-state index in [1.807, 2.05) is 50.2 Å². The Labute approximate surface area is 114 Å². The molecule has 4 nitrogen and oxygen atoms in total. The van der Waals surface area contributed by atoms with Crippen molar-refractivity contribution in [1.82, 2.24) is 4.90 Å². The molecule has 0 aliphatic carbocycles. The first-order valence-electron chi connectivity index (χ1n) is 6.58. The first-order valence-corrected chi connectivity index (χ1v) is 6.58. The Balaban J connectivity index is 2.15. The van der Waals surface area contributed by atoms with E-state index < -0.39 is 0 Å². The molecule has 0 N–H and O–H groups in total. The number of anilines is 1. The highest BCUT2D eigenvalue weighted by atomic mass is 16.2. The number of amides is 1. The summed E-state index contributed by atoms with van der Waals surface area (Å²) >= 11 is 0. The van der Waals surface area contributed by atoms with Gasteiger partial charge in [-0.1, -0.05) is 13.0 Å². The summed E-state index contributed by atoms with van der Waals surface area (Å²) in [5.41, 5.74) is 1.69. The Morgan fingerprint density at radius 2 is 2.11 bits per heavy atom. The molecule has 1 amide bonds. The van der Waals surface area contributed by atoms with Gasteiger partial charge in [0.05, 0.1) is 0 Å². The number of rotatable bonds is 2. The Morgan fingerprint density at radius 1 is 1.37 bits per heavy atom. The third-order valence-electron chi connectivity index (χ3n) is 3.57. The molecule has 0 aromatic heterocycles. The van der Waals surface area contributed by atoms with Crippen LogP contribution in [0, 0.1) is 5.92 Å². The summed E-state index contributed by atoms with van der Waals surface area (Å²) in [5, 5.41) is 0. The Hall–Kier alpha value is -1.84. The van der Waals surface area contributed by atoms with Crippen molar-refractivity contribution in [2.45, 2.75) is 13.3 Å². The van der Waals surface area contributed by atoms with Crippen LogP contribution in [0.3, 0.4) is 0 Å². The first kappa shape index (κ1) is 13.6. The average Bonchev–Trinajstić information content (AvgIpc) is 2.41. The molecule has 1 saturated heterocycles. The van der Waals surface area contributed by atoms with Crippen molar-refractivity contribution in [3.05, 3.63) is 29.8 Å². The van der Waals surface area contributed by atoms with Crippen molar-refractivity contribution in [2.24, 2.45) is 5.92 Å². The highest BCUT2D eigenvalue weighted by molar-refractivity contribution is 5.96. The number of ketones is 1. The molecule has 102 valence electrons. The highest BCUT2D eigenvalue weighted by Crippen LogP contribution is 2.18. The molecule has 0 saturated carbocycles. The van der Waals surface area contributed by atoms with Gasteiger partial charge in [0.2, 0.25) is 0 Å². The second-order valence-electron chi connectivity index (χ2n) is 5.31. The van der Waals surface area contributed by atoms with Crippen LogP contribution in [0.25, 0.3) is 0 Å². The van der Waals surface area contributed by atoms with E-state index in [1.165, 1.54) is 0 Å². The molecule has 0 radical (unpaired) electrons. The van der Waals surface area contributed by atoms with Gasteiger partial charge in [0.15, 0.2) is 0 Å². The van der Waals surface area contributed by atoms with Gasteiger partial charge >= 0.3 is 0 Å². The fourth-order valence-corrected chi connectivity index (χ4v) is 2.30. The molecule has 2 rings (SSSR count). The van der Waals surface area contributed by atoms with Crippen molar-refractivity contribution in [3.63, 3.8) is 0 Å². The molecule has 4 heteroatoms. The molecule has 1 atom stereocenters. The van der Waals surface area contributed by atoms with Crippen molar-refractivity contribution in [2.75, 3.05) is 32.1 Å². The minimum Gasteiger partial charge on any atom is -0.378 e. The van der Waals surface area contributed by atoms with E-state index >= 15 is 0 Å². The van der Waals surface area contributed by atoms with Crippen molar-refractivity contribution >= 4 is 17.4 Å². The number of Topliss-reactive ketones (excluding diaryl/α,β-unsaturated/α-hetero) is 1. The maximum atomic E-state index is 12.4. The van der Waals surface area contributed by atoms with Crippen LogP contribution in [0.1, 0.15) is 23.7 Å². The van der Waals surface area contributed by atoms with Crippen LogP contribution in [0.2, 0.25) is 0 Å². The normalized spacial score (nSPS) is 19.4. The molecule has 1 aromatic rings. The van der Waals surface area contributed by atoms with Gasteiger partial charge < -0.3 is 9.80 Å². The van der Waals surface area contributed by atoms with Gasteiger partial charge in [-0.05, 0) is 18.2 Å². The lowest BCUT2D eigenvalue weighted by Gasteiger charge is -2.30. The lowest BCUT2D eigenvalue weighted by atomic mass is 9.98. The molecule has 1 heterocycles. The third kappa shape index (κ3) is 2.95. The molecule has 1 aromatic carbocycles. The highest BCUT2D eigenvalue weighted by Gasteiger charge is 2.27. The van der Waals surface area contributed by atoms with Gasteiger partial charge in [-0.2, -0.15) is 0 Å². The number of piperidine rings is 1. The second kappa shape index (κ2) is 5.43. The molecule has 1 unspecified atom stereocenters. The predicted octanol–water partition coefficient (Wildman–Crippen LogP) is 1.80. The quantitative estimate of drug-likeness (QED) is 0.814. The van der Waals surface area contributed by atoms with Gasteiger partial charge in [0.1, 0.15) is 5.78 Å². The summed E-state index contributed by atoms with van der Waals surface area (Å²) in [5.74, 6) is 0.226. The zero-order valence-corrected chi connectivity index (χ0v) is 11.7. The van der Waals surface area contributed by atoms with Gasteiger partial charge in [-0.25, -0.2) is 0 Å². The van der Waals surface area contributed by atoms with Crippen molar-refractivity contribution < 1.29 is 9.59 Å². The van der Waals surface area contributed by atoms with E-state index in [-0.39, 0.29) is 17.6 Å². The topological polar surface area (TPSA) is 40.6 Å². The van der Waals surface area contributed by atoms with Crippen molar-refractivity contribution in [3.8, 4) is 0 Å². The van der Waals surface area contributed by atoms with E-state index in [4.69, 9.17) is 0 Å². The van der Waals surface area contributed by atoms with E-state index in [2.05, 4.69) is 0 Å². The molecule has 1 aliphatic rings. The molecule has 1 aliphatic heterocycles. The van der Waals surface area contributed by atoms with Gasteiger partial charge in [0, 0.05) is 50.8 Å². The number of likely N-dealkylation sites (tertiary alicyclic amines) is 1. The van der Waals surface area contributed by atoms with E-state index in [0.717, 1.165) is 5.69 Å². The fraction of sp³-hybridized carbons (Fsp3) is 0.467. The zero-order valence-electron chi connectivity index (χ0n) is 11.7. The van der Waals surface area contributed by atoms with Crippen LogP contribution in [0.15, 0.2) is 24.3 Å². The summed E-state index contributed by atoms with van der Waals surface area (Å²) in [7, 11) is 3.90. The summed E-state index contributed by atoms with van der Waals surface area (Å²) in [4.78, 5) is 27.7.